The van der Waals surface area contributed by atoms with Crippen LogP contribution in [0.5, 0.6) is 0 Å². The van der Waals surface area contributed by atoms with Crippen molar-refractivity contribution < 1.29 is 4.79 Å². The highest BCUT2D eigenvalue weighted by Crippen LogP contribution is 2.48. The standard InChI is InChI=1S/C13H16OS/c1-3-13(14)12-8-11(12)9-4-6-10(15-2)7-5-9/h4-7,11-12H,3,8H2,1-2H3. The minimum Gasteiger partial charge on any atom is -0.299 e. The minimum absolute atomic E-state index is 0.315. The van der Waals surface area contributed by atoms with Crippen molar-refractivity contribution in [3.8, 4) is 0 Å². The van der Waals surface area contributed by atoms with Crippen LogP contribution in [0.15, 0.2) is 29.2 Å². The van der Waals surface area contributed by atoms with Gasteiger partial charge in [-0.3, -0.25) is 4.79 Å². The van der Waals surface area contributed by atoms with Crippen molar-refractivity contribution in [1.29, 1.82) is 0 Å². The molecular formula is C13H16OS. The fourth-order valence-corrected chi connectivity index (χ4v) is 2.44. The minimum atomic E-state index is 0.315. The summed E-state index contributed by atoms with van der Waals surface area (Å²) in [6.07, 6.45) is 3.82. The van der Waals surface area contributed by atoms with Crippen molar-refractivity contribution in [1.82, 2.24) is 0 Å². The molecule has 0 amide bonds. The summed E-state index contributed by atoms with van der Waals surface area (Å²) >= 11 is 1.75. The van der Waals surface area contributed by atoms with Crippen LogP contribution in [0, 0.1) is 5.92 Å². The van der Waals surface area contributed by atoms with Gasteiger partial charge in [0, 0.05) is 17.2 Å². The molecule has 1 aromatic carbocycles. The number of benzene rings is 1. The maximum Gasteiger partial charge on any atom is 0.136 e. The Morgan fingerprint density at radius 3 is 2.60 bits per heavy atom. The molecule has 2 heteroatoms. The lowest BCUT2D eigenvalue weighted by Crippen LogP contribution is -1.99. The summed E-state index contributed by atoms with van der Waals surface area (Å²) in [6, 6.07) is 8.62. The van der Waals surface area contributed by atoms with Gasteiger partial charge in [-0.1, -0.05) is 19.1 Å². The number of rotatable bonds is 4. The fourth-order valence-electron chi connectivity index (χ4n) is 2.03. The first-order valence-electron chi connectivity index (χ1n) is 5.43. The van der Waals surface area contributed by atoms with E-state index >= 15 is 0 Å². The lowest BCUT2D eigenvalue weighted by Gasteiger charge is -2.01. The zero-order valence-electron chi connectivity index (χ0n) is 9.19. The molecule has 1 aliphatic rings. The van der Waals surface area contributed by atoms with Crippen LogP contribution in [0.2, 0.25) is 0 Å². The molecule has 1 saturated carbocycles. The van der Waals surface area contributed by atoms with Gasteiger partial charge in [0.1, 0.15) is 5.78 Å². The molecule has 0 heterocycles. The van der Waals surface area contributed by atoms with Gasteiger partial charge in [-0.2, -0.15) is 0 Å². The zero-order valence-corrected chi connectivity index (χ0v) is 10.0. The number of carbonyl (C=O) groups excluding carboxylic acids is 1. The van der Waals surface area contributed by atoms with Crippen molar-refractivity contribution in [3.05, 3.63) is 29.8 Å². The Bertz CT molecular complexity index is 355. The molecule has 0 N–H and O–H groups in total. The third kappa shape index (κ3) is 2.25. The molecule has 0 spiro atoms. The van der Waals surface area contributed by atoms with E-state index in [-0.39, 0.29) is 0 Å². The maximum absolute atomic E-state index is 11.5. The van der Waals surface area contributed by atoms with Crippen molar-refractivity contribution >= 4 is 17.5 Å². The Kier molecular flexibility index (Phi) is 3.15. The molecular weight excluding hydrogens is 204 g/mol. The summed E-state index contributed by atoms with van der Waals surface area (Å²) in [7, 11) is 0. The third-order valence-corrected chi connectivity index (χ3v) is 3.84. The number of thioether (sulfide) groups is 1. The Balaban J connectivity index is 2.04. The zero-order chi connectivity index (χ0) is 10.8. The van der Waals surface area contributed by atoms with E-state index in [4.69, 9.17) is 0 Å². The predicted octanol–water partition coefficient (Wildman–Crippen LogP) is 3.49. The highest BCUT2D eigenvalue weighted by Gasteiger charge is 2.42. The molecule has 1 nitrogen and oxygen atoms in total. The van der Waals surface area contributed by atoms with Gasteiger partial charge < -0.3 is 0 Å². The molecule has 0 radical (unpaired) electrons. The van der Waals surface area contributed by atoms with Crippen molar-refractivity contribution in [2.75, 3.05) is 6.26 Å². The largest absolute Gasteiger partial charge is 0.299 e. The Hall–Kier alpha value is -0.760. The van der Waals surface area contributed by atoms with Crippen LogP contribution in [0.1, 0.15) is 31.2 Å². The number of carbonyl (C=O) groups is 1. The van der Waals surface area contributed by atoms with Gasteiger partial charge in [-0.05, 0) is 36.3 Å². The number of hydrogen-bond donors (Lipinski definition) is 0. The first kappa shape index (κ1) is 10.7. The first-order chi connectivity index (χ1) is 7.26. The average Bonchev–Trinajstić information content (AvgIpc) is 3.08. The van der Waals surface area contributed by atoms with Crippen molar-refractivity contribution in [2.45, 2.75) is 30.6 Å². The summed E-state index contributed by atoms with van der Waals surface area (Å²) in [5, 5.41) is 0. The summed E-state index contributed by atoms with van der Waals surface area (Å²) in [6.45, 7) is 1.95. The van der Waals surface area contributed by atoms with Crippen LogP contribution >= 0.6 is 11.8 Å². The molecule has 0 aromatic heterocycles. The average molecular weight is 220 g/mol. The number of hydrogen-bond acceptors (Lipinski definition) is 2. The molecule has 1 aliphatic carbocycles. The normalized spacial score (nSPS) is 23.9. The van der Waals surface area contributed by atoms with Crippen LogP contribution in [-0.4, -0.2) is 12.0 Å². The summed E-state index contributed by atoms with van der Waals surface area (Å²) in [5.74, 6) is 1.25. The van der Waals surface area contributed by atoms with Crippen LogP contribution in [0.4, 0.5) is 0 Å². The van der Waals surface area contributed by atoms with E-state index in [2.05, 4.69) is 30.5 Å². The van der Waals surface area contributed by atoms with E-state index < -0.39 is 0 Å². The second kappa shape index (κ2) is 4.40. The molecule has 0 aliphatic heterocycles. The Labute approximate surface area is 95.3 Å². The van der Waals surface area contributed by atoms with Crippen LogP contribution in [0.25, 0.3) is 0 Å². The number of ketones is 1. The molecule has 1 fully saturated rings. The van der Waals surface area contributed by atoms with Crippen LogP contribution in [-0.2, 0) is 4.79 Å². The predicted molar refractivity (Wildman–Crippen MR) is 64.4 cm³/mol. The summed E-state index contributed by atoms with van der Waals surface area (Å²) in [5.41, 5.74) is 1.33. The van der Waals surface area contributed by atoms with Crippen molar-refractivity contribution in [2.24, 2.45) is 5.92 Å². The van der Waals surface area contributed by atoms with E-state index in [9.17, 15) is 4.79 Å². The van der Waals surface area contributed by atoms with Gasteiger partial charge >= 0.3 is 0 Å². The van der Waals surface area contributed by atoms with E-state index in [1.807, 2.05) is 6.92 Å². The van der Waals surface area contributed by atoms with Gasteiger partial charge in [-0.25, -0.2) is 0 Å². The molecule has 15 heavy (non-hydrogen) atoms. The second-order valence-electron chi connectivity index (χ2n) is 4.04. The third-order valence-electron chi connectivity index (χ3n) is 3.10. The molecule has 0 saturated heterocycles. The van der Waals surface area contributed by atoms with E-state index in [1.54, 1.807) is 11.8 Å². The lowest BCUT2D eigenvalue weighted by molar-refractivity contribution is -0.120. The monoisotopic (exact) mass is 220 g/mol. The fraction of sp³-hybridized carbons (Fsp3) is 0.462. The molecule has 1 aromatic rings. The maximum atomic E-state index is 11.5. The van der Waals surface area contributed by atoms with E-state index in [0.29, 0.717) is 24.0 Å². The lowest BCUT2D eigenvalue weighted by atomic mass is 10.1. The topological polar surface area (TPSA) is 17.1 Å². The summed E-state index contributed by atoms with van der Waals surface area (Å²) in [4.78, 5) is 12.8. The Morgan fingerprint density at radius 2 is 2.07 bits per heavy atom. The quantitative estimate of drug-likeness (QED) is 0.722. The molecule has 0 bridgehead atoms. The second-order valence-corrected chi connectivity index (χ2v) is 4.92. The van der Waals surface area contributed by atoms with E-state index in [1.165, 1.54) is 10.5 Å². The van der Waals surface area contributed by atoms with Crippen LogP contribution < -0.4 is 0 Å². The van der Waals surface area contributed by atoms with Crippen LogP contribution in [0.3, 0.4) is 0 Å². The van der Waals surface area contributed by atoms with Gasteiger partial charge in [0.25, 0.3) is 0 Å². The van der Waals surface area contributed by atoms with Gasteiger partial charge in [-0.15, -0.1) is 11.8 Å². The first-order valence-corrected chi connectivity index (χ1v) is 6.65. The molecule has 2 rings (SSSR count). The van der Waals surface area contributed by atoms with E-state index in [0.717, 1.165) is 6.42 Å². The molecule has 80 valence electrons. The molecule has 2 unspecified atom stereocenters. The smallest absolute Gasteiger partial charge is 0.136 e. The Morgan fingerprint density at radius 1 is 1.40 bits per heavy atom. The molecule has 2 atom stereocenters. The highest BCUT2D eigenvalue weighted by molar-refractivity contribution is 7.98. The highest BCUT2D eigenvalue weighted by atomic mass is 32.2. The van der Waals surface area contributed by atoms with Gasteiger partial charge in [0.05, 0.1) is 0 Å². The SMILES string of the molecule is CCC(=O)C1CC1c1ccc(SC)cc1. The summed E-state index contributed by atoms with van der Waals surface area (Å²) < 4.78 is 0. The number of Topliss-reactive ketones (excluding diaryl/α,β-unsaturated/α-hetero) is 1. The van der Waals surface area contributed by atoms with Gasteiger partial charge in [0.15, 0.2) is 0 Å². The van der Waals surface area contributed by atoms with Gasteiger partial charge in [0.2, 0.25) is 0 Å². The van der Waals surface area contributed by atoms with Crippen molar-refractivity contribution in [3.63, 3.8) is 0 Å².